The van der Waals surface area contributed by atoms with Gasteiger partial charge in [-0.1, -0.05) is 12.2 Å². The van der Waals surface area contributed by atoms with E-state index < -0.39 is 0 Å². The summed E-state index contributed by atoms with van der Waals surface area (Å²) in [5.41, 5.74) is 5.39. The van der Waals surface area contributed by atoms with Crippen molar-refractivity contribution in [3.63, 3.8) is 0 Å². The molecule has 0 aliphatic heterocycles. The zero-order valence-electron chi connectivity index (χ0n) is 8.11. The summed E-state index contributed by atoms with van der Waals surface area (Å²) in [6.45, 7) is 2.54. The Kier molecular flexibility index (Phi) is 3.01. The lowest BCUT2D eigenvalue weighted by Gasteiger charge is -2.17. The summed E-state index contributed by atoms with van der Waals surface area (Å²) < 4.78 is 5.60. The van der Waals surface area contributed by atoms with Gasteiger partial charge >= 0.3 is 0 Å². The Morgan fingerprint density at radius 1 is 1.31 bits per heavy atom. The average Bonchev–Trinajstić information content (AvgIpc) is 2.73. The van der Waals surface area contributed by atoms with Gasteiger partial charge in [-0.15, -0.1) is 0 Å². The average molecular weight is 181 g/mol. The molecule has 2 aliphatic carbocycles. The van der Waals surface area contributed by atoms with Crippen LogP contribution in [0.5, 0.6) is 0 Å². The molecule has 0 aromatic heterocycles. The van der Waals surface area contributed by atoms with Crippen LogP contribution in [0.2, 0.25) is 0 Å². The summed E-state index contributed by atoms with van der Waals surface area (Å²) in [7, 11) is 0. The Hall–Kier alpha value is -0.340. The van der Waals surface area contributed by atoms with Crippen molar-refractivity contribution in [1.29, 1.82) is 0 Å². The fourth-order valence-electron chi connectivity index (χ4n) is 2.51. The molecule has 2 N–H and O–H groups in total. The minimum Gasteiger partial charge on any atom is -0.381 e. The summed E-state index contributed by atoms with van der Waals surface area (Å²) in [6.07, 6.45) is 8.48. The van der Waals surface area contributed by atoms with Crippen molar-refractivity contribution in [2.75, 3.05) is 19.8 Å². The van der Waals surface area contributed by atoms with Gasteiger partial charge in [0, 0.05) is 13.2 Å². The van der Waals surface area contributed by atoms with Gasteiger partial charge in [-0.2, -0.15) is 0 Å². The van der Waals surface area contributed by atoms with Crippen molar-refractivity contribution in [1.82, 2.24) is 0 Å². The van der Waals surface area contributed by atoms with E-state index in [1.165, 1.54) is 12.8 Å². The van der Waals surface area contributed by atoms with Crippen LogP contribution in [0.1, 0.15) is 19.3 Å². The molecule has 2 nitrogen and oxygen atoms in total. The van der Waals surface area contributed by atoms with E-state index in [4.69, 9.17) is 10.5 Å². The Labute approximate surface area is 80.1 Å². The lowest BCUT2D eigenvalue weighted by molar-refractivity contribution is 0.0901. The van der Waals surface area contributed by atoms with E-state index in [0.29, 0.717) is 0 Å². The van der Waals surface area contributed by atoms with Gasteiger partial charge in [-0.25, -0.2) is 0 Å². The van der Waals surface area contributed by atoms with Crippen molar-refractivity contribution < 1.29 is 4.74 Å². The van der Waals surface area contributed by atoms with Crippen molar-refractivity contribution in [2.24, 2.45) is 23.5 Å². The number of fused-ring (bicyclic) bond motifs is 2. The van der Waals surface area contributed by atoms with Gasteiger partial charge in [0.2, 0.25) is 0 Å². The van der Waals surface area contributed by atoms with Gasteiger partial charge in [0.15, 0.2) is 0 Å². The SMILES string of the molecule is NCCCOCC1CC2C=CC1C2. The Morgan fingerprint density at radius 2 is 2.23 bits per heavy atom. The van der Waals surface area contributed by atoms with Crippen molar-refractivity contribution >= 4 is 0 Å². The quantitative estimate of drug-likeness (QED) is 0.516. The molecule has 2 heteroatoms. The van der Waals surface area contributed by atoms with Crippen molar-refractivity contribution in [3.05, 3.63) is 12.2 Å². The fraction of sp³-hybridized carbons (Fsp3) is 0.818. The molecule has 0 aromatic rings. The number of hydrogen-bond donors (Lipinski definition) is 1. The second-order valence-corrected chi connectivity index (χ2v) is 4.26. The molecular formula is C11H19NO. The lowest BCUT2D eigenvalue weighted by Crippen LogP contribution is -2.15. The first-order valence-corrected chi connectivity index (χ1v) is 5.36. The molecule has 2 bridgehead atoms. The van der Waals surface area contributed by atoms with E-state index in [9.17, 15) is 0 Å². The lowest BCUT2D eigenvalue weighted by atomic mass is 9.95. The first-order valence-electron chi connectivity index (χ1n) is 5.36. The van der Waals surface area contributed by atoms with Gasteiger partial charge in [-0.05, 0) is 43.6 Å². The number of hydrogen-bond acceptors (Lipinski definition) is 2. The second-order valence-electron chi connectivity index (χ2n) is 4.26. The molecule has 3 atom stereocenters. The highest BCUT2D eigenvalue weighted by atomic mass is 16.5. The van der Waals surface area contributed by atoms with Crippen LogP contribution in [-0.4, -0.2) is 19.8 Å². The second kappa shape index (κ2) is 4.25. The molecule has 2 aliphatic rings. The molecular weight excluding hydrogens is 162 g/mol. The van der Waals surface area contributed by atoms with E-state index in [1.807, 2.05) is 0 Å². The molecule has 74 valence electrons. The molecule has 1 saturated carbocycles. The van der Waals surface area contributed by atoms with Crippen molar-refractivity contribution in [2.45, 2.75) is 19.3 Å². The van der Waals surface area contributed by atoms with Crippen LogP contribution in [0, 0.1) is 17.8 Å². The van der Waals surface area contributed by atoms with Crippen LogP contribution in [0.15, 0.2) is 12.2 Å². The van der Waals surface area contributed by atoms with Crippen LogP contribution in [0.4, 0.5) is 0 Å². The molecule has 0 amide bonds. The number of rotatable bonds is 5. The van der Waals surface area contributed by atoms with Crippen LogP contribution in [0.3, 0.4) is 0 Å². The highest BCUT2D eigenvalue weighted by Gasteiger charge is 2.35. The fourth-order valence-corrected chi connectivity index (χ4v) is 2.51. The molecule has 0 spiro atoms. The molecule has 2 rings (SSSR count). The van der Waals surface area contributed by atoms with Gasteiger partial charge < -0.3 is 10.5 Å². The molecule has 3 unspecified atom stereocenters. The predicted octanol–water partition coefficient (Wildman–Crippen LogP) is 1.56. The highest BCUT2D eigenvalue weighted by molar-refractivity contribution is 5.09. The summed E-state index contributed by atoms with van der Waals surface area (Å²) >= 11 is 0. The van der Waals surface area contributed by atoms with E-state index in [0.717, 1.165) is 43.9 Å². The summed E-state index contributed by atoms with van der Waals surface area (Å²) in [5.74, 6) is 2.49. The molecule has 0 aromatic carbocycles. The van der Waals surface area contributed by atoms with Crippen LogP contribution >= 0.6 is 0 Å². The standard InChI is InChI=1S/C11H19NO/c12-4-1-5-13-8-11-7-9-2-3-10(11)6-9/h2-3,9-11H,1,4-8,12H2. The van der Waals surface area contributed by atoms with Crippen LogP contribution in [-0.2, 0) is 4.74 Å². The van der Waals surface area contributed by atoms with Crippen LogP contribution < -0.4 is 5.73 Å². The maximum Gasteiger partial charge on any atom is 0.0500 e. The third-order valence-corrected chi connectivity index (χ3v) is 3.24. The number of ether oxygens (including phenoxy) is 1. The van der Waals surface area contributed by atoms with Gasteiger partial charge in [-0.3, -0.25) is 0 Å². The Balaban J connectivity index is 1.64. The maximum absolute atomic E-state index is 5.60. The van der Waals surface area contributed by atoms with E-state index in [2.05, 4.69) is 12.2 Å². The zero-order chi connectivity index (χ0) is 9.10. The van der Waals surface area contributed by atoms with E-state index >= 15 is 0 Å². The molecule has 0 radical (unpaired) electrons. The number of allylic oxidation sites excluding steroid dienone is 2. The largest absolute Gasteiger partial charge is 0.381 e. The molecule has 13 heavy (non-hydrogen) atoms. The topological polar surface area (TPSA) is 35.2 Å². The minimum absolute atomic E-state index is 0.747. The molecule has 1 fully saturated rings. The summed E-state index contributed by atoms with van der Waals surface area (Å²) in [5, 5.41) is 0. The van der Waals surface area contributed by atoms with Gasteiger partial charge in [0.1, 0.15) is 0 Å². The van der Waals surface area contributed by atoms with Crippen LogP contribution in [0.25, 0.3) is 0 Å². The molecule has 0 heterocycles. The predicted molar refractivity (Wildman–Crippen MR) is 53.3 cm³/mol. The zero-order valence-corrected chi connectivity index (χ0v) is 8.11. The smallest absolute Gasteiger partial charge is 0.0500 e. The van der Waals surface area contributed by atoms with E-state index in [-0.39, 0.29) is 0 Å². The number of nitrogens with two attached hydrogens (primary N) is 1. The summed E-state index contributed by atoms with van der Waals surface area (Å²) in [6, 6.07) is 0. The normalized spacial score (nSPS) is 35.9. The van der Waals surface area contributed by atoms with Gasteiger partial charge in [0.05, 0.1) is 0 Å². The van der Waals surface area contributed by atoms with E-state index in [1.54, 1.807) is 0 Å². The first kappa shape index (κ1) is 9.22. The Bertz CT molecular complexity index is 191. The first-order chi connectivity index (χ1) is 6.40. The summed E-state index contributed by atoms with van der Waals surface area (Å²) in [4.78, 5) is 0. The maximum atomic E-state index is 5.60. The minimum atomic E-state index is 0.747. The van der Waals surface area contributed by atoms with Crippen molar-refractivity contribution in [3.8, 4) is 0 Å². The third-order valence-electron chi connectivity index (χ3n) is 3.24. The van der Waals surface area contributed by atoms with Gasteiger partial charge in [0.25, 0.3) is 0 Å². The monoisotopic (exact) mass is 181 g/mol. The highest BCUT2D eigenvalue weighted by Crippen LogP contribution is 2.43. The third kappa shape index (κ3) is 2.12. The Morgan fingerprint density at radius 3 is 2.85 bits per heavy atom. The molecule has 0 saturated heterocycles.